The minimum Gasteiger partial charge on any atom is -0.497 e. The molecule has 0 fully saturated rings. The summed E-state index contributed by atoms with van der Waals surface area (Å²) in [5.74, 6) is 2.66. The van der Waals surface area contributed by atoms with E-state index in [0.29, 0.717) is 33.2 Å². The number of amides is 2. The summed E-state index contributed by atoms with van der Waals surface area (Å²) in [6.07, 6.45) is 0. The van der Waals surface area contributed by atoms with Gasteiger partial charge in [0, 0.05) is 29.6 Å². The molecule has 6 rings (SSSR count). The number of ether oxygens (including phenoxy) is 3. The Bertz CT molecular complexity index is 1970. The van der Waals surface area contributed by atoms with Crippen molar-refractivity contribution in [2.45, 2.75) is 10.3 Å². The van der Waals surface area contributed by atoms with E-state index >= 15 is 0 Å². The van der Waals surface area contributed by atoms with E-state index in [-0.39, 0.29) is 23.3 Å². The van der Waals surface area contributed by atoms with Gasteiger partial charge in [-0.1, -0.05) is 29.6 Å². The SMILES string of the molecule is COc1ccc2nc(SCC(=O)Nc3ccc(Oc4cccc(NC(=O)CSc5nc6ccc(OC)cc6[nH]5)c4)cc3)[nH]c2c1. The third-order valence-corrected chi connectivity index (χ3v) is 8.25. The Hall–Kier alpha value is -5.14. The number of benzene rings is 4. The predicted molar refractivity (Wildman–Crippen MR) is 177 cm³/mol. The van der Waals surface area contributed by atoms with Crippen molar-refractivity contribution >= 4 is 68.8 Å². The highest BCUT2D eigenvalue weighted by Gasteiger charge is 2.11. The summed E-state index contributed by atoms with van der Waals surface area (Å²) in [7, 11) is 3.22. The van der Waals surface area contributed by atoms with Gasteiger partial charge >= 0.3 is 0 Å². The first-order chi connectivity index (χ1) is 21.9. The number of hydrogen-bond acceptors (Lipinski definition) is 9. The van der Waals surface area contributed by atoms with Gasteiger partial charge in [0.1, 0.15) is 23.0 Å². The van der Waals surface area contributed by atoms with Gasteiger partial charge in [-0.2, -0.15) is 0 Å². The highest BCUT2D eigenvalue weighted by atomic mass is 32.2. The number of thioether (sulfide) groups is 2. The van der Waals surface area contributed by atoms with Crippen molar-refractivity contribution < 1.29 is 23.8 Å². The van der Waals surface area contributed by atoms with Crippen molar-refractivity contribution in [3.8, 4) is 23.0 Å². The Labute approximate surface area is 266 Å². The Morgan fingerprint density at radius 2 is 1.18 bits per heavy atom. The largest absolute Gasteiger partial charge is 0.497 e. The van der Waals surface area contributed by atoms with E-state index in [9.17, 15) is 9.59 Å². The second kappa shape index (κ2) is 13.7. The lowest BCUT2D eigenvalue weighted by atomic mass is 10.2. The number of hydrogen-bond donors (Lipinski definition) is 4. The molecule has 0 saturated heterocycles. The first-order valence-corrected chi connectivity index (χ1v) is 15.7. The van der Waals surface area contributed by atoms with E-state index in [2.05, 4.69) is 30.6 Å². The zero-order valence-electron chi connectivity index (χ0n) is 24.2. The second-order valence-electron chi connectivity index (χ2n) is 9.68. The molecule has 6 aromatic rings. The zero-order chi connectivity index (χ0) is 31.2. The summed E-state index contributed by atoms with van der Waals surface area (Å²) in [6.45, 7) is 0. The van der Waals surface area contributed by atoms with Crippen molar-refractivity contribution in [1.29, 1.82) is 0 Å². The molecular formula is C32H28N6O5S2. The summed E-state index contributed by atoms with van der Waals surface area (Å²) in [6, 6.07) is 25.4. The Morgan fingerprint density at radius 3 is 1.73 bits per heavy atom. The van der Waals surface area contributed by atoms with Gasteiger partial charge < -0.3 is 34.8 Å². The first-order valence-electron chi connectivity index (χ1n) is 13.7. The van der Waals surface area contributed by atoms with Gasteiger partial charge in [-0.15, -0.1) is 0 Å². The molecule has 2 aromatic heterocycles. The van der Waals surface area contributed by atoms with Crippen LogP contribution in [0, 0.1) is 0 Å². The number of imidazole rings is 2. The third-order valence-electron chi connectivity index (χ3n) is 6.51. The lowest BCUT2D eigenvalue weighted by Crippen LogP contribution is -2.14. The number of carbonyl (C=O) groups excluding carboxylic acids is 2. The van der Waals surface area contributed by atoms with Crippen molar-refractivity contribution in [3.05, 3.63) is 84.9 Å². The summed E-state index contributed by atoms with van der Waals surface area (Å²) in [5.41, 5.74) is 4.56. The lowest BCUT2D eigenvalue weighted by Gasteiger charge is -2.10. The predicted octanol–water partition coefficient (Wildman–Crippen LogP) is 6.71. The number of aromatic amines is 2. The fourth-order valence-corrected chi connectivity index (χ4v) is 5.73. The molecule has 4 N–H and O–H groups in total. The van der Waals surface area contributed by atoms with Gasteiger partial charge in [0.15, 0.2) is 10.3 Å². The van der Waals surface area contributed by atoms with Crippen LogP contribution in [0.2, 0.25) is 0 Å². The number of anilines is 2. The van der Waals surface area contributed by atoms with Crippen molar-refractivity contribution in [2.75, 3.05) is 36.4 Å². The summed E-state index contributed by atoms with van der Waals surface area (Å²) < 4.78 is 16.5. The number of aromatic nitrogens is 4. The number of nitrogens with one attached hydrogen (secondary N) is 4. The molecule has 0 aliphatic carbocycles. The summed E-state index contributed by atoms with van der Waals surface area (Å²) >= 11 is 2.63. The van der Waals surface area contributed by atoms with Crippen LogP contribution in [-0.2, 0) is 9.59 Å². The van der Waals surface area contributed by atoms with E-state index in [1.165, 1.54) is 23.5 Å². The van der Waals surface area contributed by atoms with Crippen LogP contribution >= 0.6 is 23.5 Å². The second-order valence-corrected chi connectivity index (χ2v) is 11.6. The average molecular weight is 641 g/mol. The van der Waals surface area contributed by atoms with Gasteiger partial charge in [0.2, 0.25) is 11.8 Å². The number of nitrogens with zero attached hydrogens (tertiary/aromatic N) is 2. The van der Waals surface area contributed by atoms with E-state index in [4.69, 9.17) is 14.2 Å². The molecule has 0 bridgehead atoms. The molecule has 0 aliphatic heterocycles. The molecule has 4 aromatic carbocycles. The van der Waals surface area contributed by atoms with Gasteiger partial charge in [0.05, 0.1) is 47.8 Å². The quantitative estimate of drug-likeness (QED) is 0.107. The monoisotopic (exact) mass is 640 g/mol. The minimum atomic E-state index is -0.172. The molecule has 0 atom stereocenters. The van der Waals surface area contributed by atoms with Crippen LogP contribution in [-0.4, -0.2) is 57.5 Å². The topological polar surface area (TPSA) is 143 Å². The fraction of sp³-hybridized carbons (Fsp3) is 0.125. The van der Waals surface area contributed by atoms with Crippen molar-refractivity contribution in [3.63, 3.8) is 0 Å². The van der Waals surface area contributed by atoms with Crippen LogP contribution in [0.4, 0.5) is 11.4 Å². The molecule has 0 spiro atoms. The normalized spacial score (nSPS) is 11.0. The Kier molecular flexibility index (Phi) is 9.08. The molecule has 0 unspecified atom stereocenters. The van der Waals surface area contributed by atoms with Crippen molar-refractivity contribution in [2.24, 2.45) is 0 Å². The van der Waals surface area contributed by atoms with Gasteiger partial charge in [-0.3, -0.25) is 9.59 Å². The molecule has 13 heteroatoms. The minimum absolute atomic E-state index is 0.158. The molecule has 45 heavy (non-hydrogen) atoms. The molecule has 2 heterocycles. The van der Waals surface area contributed by atoms with Gasteiger partial charge in [-0.05, 0) is 60.7 Å². The Morgan fingerprint density at radius 1 is 0.644 bits per heavy atom. The van der Waals surface area contributed by atoms with Crippen LogP contribution in [0.5, 0.6) is 23.0 Å². The summed E-state index contributed by atoms with van der Waals surface area (Å²) in [4.78, 5) is 40.5. The number of carbonyl (C=O) groups is 2. The van der Waals surface area contributed by atoms with Crippen molar-refractivity contribution in [1.82, 2.24) is 19.9 Å². The molecule has 2 amide bonds. The maximum atomic E-state index is 12.6. The lowest BCUT2D eigenvalue weighted by molar-refractivity contribution is -0.114. The maximum Gasteiger partial charge on any atom is 0.234 e. The van der Waals surface area contributed by atoms with E-state index in [1.54, 1.807) is 62.8 Å². The van der Waals surface area contributed by atoms with E-state index < -0.39 is 0 Å². The molecule has 11 nitrogen and oxygen atoms in total. The molecular weight excluding hydrogens is 613 g/mol. The number of H-pyrrole nitrogens is 2. The van der Waals surface area contributed by atoms with Crippen LogP contribution in [0.1, 0.15) is 0 Å². The average Bonchev–Trinajstić information content (AvgIpc) is 3.66. The van der Waals surface area contributed by atoms with Gasteiger partial charge in [0.25, 0.3) is 0 Å². The Balaban J connectivity index is 0.971. The third kappa shape index (κ3) is 7.69. The highest BCUT2D eigenvalue weighted by molar-refractivity contribution is 8.00. The van der Waals surface area contributed by atoms with Crippen LogP contribution in [0.3, 0.4) is 0 Å². The number of methoxy groups -OCH3 is 2. The van der Waals surface area contributed by atoms with Crippen LogP contribution in [0.15, 0.2) is 95.2 Å². The molecule has 0 saturated carbocycles. The molecule has 0 aliphatic rings. The number of rotatable bonds is 12. The van der Waals surface area contributed by atoms with Crippen LogP contribution < -0.4 is 24.8 Å². The maximum absolute atomic E-state index is 12.6. The fourth-order valence-electron chi connectivity index (χ4n) is 4.36. The van der Waals surface area contributed by atoms with E-state index in [0.717, 1.165) is 33.6 Å². The molecule has 0 radical (unpaired) electrons. The van der Waals surface area contributed by atoms with E-state index in [1.807, 2.05) is 36.4 Å². The summed E-state index contributed by atoms with van der Waals surface area (Å²) in [5, 5.41) is 7.08. The van der Waals surface area contributed by atoms with Crippen LogP contribution in [0.25, 0.3) is 22.1 Å². The zero-order valence-corrected chi connectivity index (χ0v) is 25.9. The smallest absolute Gasteiger partial charge is 0.234 e. The molecule has 228 valence electrons. The standard InChI is InChI=1S/C32H28N6O5S2/c1-41-22-10-12-25-27(15-22)37-31(35-25)44-17-29(39)33-19-6-8-21(9-7-19)43-24-5-3-4-20(14-24)34-30(40)18-45-32-36-26-13-11-23(42-2)16-28(26)38-32/h3-16H,17-18H2,1-2H3,(H,33,39)(H,34,40)(H,35,37)(H,36,38). The highest BCUT2D eigenvalue weighted by Crippen LogP contribution is 2.27. The van der Waals surface area contributed by atoms with Gasteiger partial charge in [-0.25, -0.2) is 9.97 Å². The number of fused-ring (bicyclic) bond motifs is 2. The first kappa shape index (κ1) is 29.9.